The minimum atomic E-state index is -0.366. The molecule has 0 bridgehead atoms. The van der Waals surface area contributed by atoms with Crippen LogP contribution in [-0.2, 0) is 4.79 Å². The molecule has 0 heterocycles. The summed E-state index contributed by atoms with van der Waals surface area (Å²) in [6.07, 6.45) is 0.750. The molecular formula is C13H28N2O. The van der Waals surface area contributed by atoms with Gasteiger partial charge in [0.1, 0.15) is 0 Å². The van der Waals surface area contributed by atoms with Crippen molar-refractivity contribution in [1.82, 2.24) is 4.90 Å². The third kappa shape index (κ3) is 4.52. The molecule has 0 saturated carbocycles. The van der Waals surface area contributed by atoms with Crippen LogP contribution in [0.3, 0.4) is 0 Å². The molecule has 0 rings (SSSR count). The van der Waals surface area contributed by atoms with Gasteiger partial charge in [-0.25, -0.2) is 0 Å². The van der Waals surface area contributed by atoms with E-state index in [4.69, 9.17) is 5.73 Å². The molecule has 3 heteroatoms. The highest BCUT2D eigenvalue weighted by atomic mass is 16.2. The molecule has 0 aromatic rings. The lowest BCUT2D eigenvalue weighted by Crippen LogP contribution is -2.50. The summed E-state index contributed by atoms with van der Waals surface area (Å²) in [6, 6.07) is -0.173. The molecule has 0 spiro atoms. The second-order valence-electron chi connectivity index (χ2n) is 6.23. The maximum atomic E-state index is 12.1. The zero-order chi connectivity index (χ0) is 13.1. The molecule has 16 heavy (non-hydrogen) atoms. The van der Waals surface area contributed by atoms with Gasteiger partial charge in [0.2, 0.25) is 5.91 Å². The predicted molar refractivity (Wildman–Crippen MR) is 69.1 cm³/mol. The average molecular weight is 228 g/mol. The van der Waals surface area contributed by atoms with Crippen molar-refractivity contribution in [3.8, 4) is 0 Å². The van der Waals surface area contributed by atoms with E-state index in [1.54, 1.807) is 4.90 Å². The molecule has 0 aliphatic heterocycles. The molecule has 0 aromatic heterocycles. The largest absolute Gasteiger partial charge is 0.341 e. The van der Waals surface area contributed by atoms with Gasteiger partial charge in [0.05, 0.1) is 6.04 Å². The fraction of sp³-hybridized carbons (Fsp3) is 0.923. The third-order valence-corrected chi connectivity index (χ3v) is 3.22. The van der Waals surface area contributed by atoms with Crippen molar-refractivity contribution < 1.29 is 4.79 Å². The first-order chi connectivity index (χ1) is 7.07. The lowest BCUT2D eigenvalue weighted by molar-refractivity contribution is -0.135. The van der Waals surface area contributed by atoms with Gasteiger partial charge >= 0.3 is 0 Å². The van der Waals surface area contributed by atoms with E-state index in [9.17, 15) is 4.79 Å². The summed E-state index contributed by atoms with van der Waals surface area (Å²) in [6.45, 7) is 12.6. The highest BCUT2D eigenvalue weighted by molar-refractivity contribution is 5.81. The van der Waals surface area contributed by atoms with E-state index in [1.165, 1.54) is 0 Å². The van der Waals surface area contributed by atoms with Crippen LogP contribution in [0.4, 0.5) is 0 Å². The molecule has 0 fully saturated rings. The zero-order valence-corrected chi connectivity index (χ0v) is 11.9. The maximum absolute atomic E-state index is 12.1. The Morgan fingerprint density at radius 3 is 2.00 bits per heavy atom. The van der Waals surface area contributed by atoms with E-state index < -0.39 is 0 Å². The Hall–Kier alpha value is -0.570. The number of carbonyl (C=O) groups is 1. The highest BCUT2D eigenvalue weighted by Crippen LogP contribution is 2.23. The van der Waals surface area contributed by atoms with Crippen molar-refractivity contribution in [2.45, 2.75) is 60.0 Å². The summed E-state index contributed by atoms with van der Waals surface area (Å²) in [4.78, 5) is 13.9. The first-order valence-electron chi connectivity index (χ1n) is 6.09. The van der Waals surface area contributed by atoms with Crippen LogP contribution >= 0.6 is 0 Å². The summed E-state index contributed by atoms with van der Waals surface area (Å²) >= 11 is 0. The molecule has 0 aliphatic rings. The maximum Gasteiger partial charge on any atom is 0.239 e. The quantitative estimate of drug-likeness (QED) is 0.802. The SMILES string of the molecule is CC(C)CC(N)C(=O)N(C)C(C)C(C)(C)C. The fourth-order valence-electron chi connectivity index (χ4n) is 1.64. The Balaban J connectivity index is 4.50. The van der Waals surface area contributed by atoms with E-state index in [2.05, 4.69) is 41.5 Å². The van der Waals surface area contributed by atoms with Crippen LogP contribution in [0.5, 0.6) is 0 Å². The predicted octanol–water partition coefficient (Wildman–Crippen LogP) is 2.25. The van der Waals surface area contributed by atoms with Crippen LogP contribution in [0, 0.1) is 11.3 Å². The van der Waals surface area contributed by atoms with Crippen LogP contribution in [0.15, 0.2) is 0 Å². The fourth-order valence-corrected chi connectivity index (χ4v) is 1.64. The van der Waals surface area contributed by atoms with Crippen molar-refractivity contribution in [2.75, 3.05) is 7.05 Å². The monoisotopic (exact) mass is 228 g/mol. The zero-order valence-electron chi connectivity index (χ0n) is 11.9. The van der Waals surface area contributed by atoms with Gasteiger partial charge in [-0.3, -0.25) is 4.79 Å². The van der Waals surface area contributed by atoms with Crippen LogP contribution in [-0.4, -0.2) is 29.9 Å². The Labute approximate surface area is 100 Å². The van der Waals surface area contributed by atoms with E-state index in [0.29, 0.717) is 5.92 Å². The minimum Gasteiger partial charge on any atom is -0.341 e. The molecule has 96 valence electrons. The molecule has 2 atom stereocenters. The molecule has 2 N–H and O–H groups in total. The summed E-state index contributed by atoms with van der Waals surface area (Å²) in [5.74, 6) is 0.508. The summed E-state index contributed by atoms with van der Waals surface area (Å²) in [5, 5.41) is 0. The van der Waals surface area contributed by atoms with Gasteiger partial charge in [-0.15, -0.1) is 0 Å². The molecule has 3 nitrogen and oxygen atoms in total. The lowest BCUT2D eigenvalue weighted by Gasteiger charge is -2.36. The molecule has 2 unspecified atom stereocenters. The topological polar surface area (TPSA) is 46.3 Å². The van der Waals surface area contributed by atoms with Crippen LogP contribution in [0.25, 0.3) is 0 Å². The van der Waals surface area contributed by atoms with Crippen molar-refractivity contribution in [2.24, 2.45) is 17.1 Å². The first-order valence-corrected chi connectivity index (χ1v) is 6.09. The normalized spacial score (nSPS) is 16.1. The van der Waals surface area contributed by atoms with Crippen LogP contribution in [0.2, 0.25) is 0 Å². The molecule has 0 aliphatic carbocycles. The Morgan fingerprint density at radius 2 is 1.69 bits per heavy atom. The second kappa shape index (κ2) is 5.67. The Kier molecular flexibility index (Phi) is 5.47. The second-order valence-corrected chi connectivity index (χ2v) is 6.23. The van der Waals surface area contributed by atoms with Crippen LogP contribution in [0.1, 0.15) is 48.0 Å². The molecule has 0 aromatic carbocycles. The number of hydrogen-bond acceptors (Lipinski definition) is 2. The first kappa shape index (κ1) is 15.4. The number of amides is 1. The Bertz CT molecular complexity index is 231. The van der Waals surface area contributed by atoms with Crippen molar-refractivity contribution in [3.05, 3.63) is 0 Å². The number of rotatable bonds is 4. The summed E-state index contributed by atoms with van der Waals surface area (Å²) < 4.78 is 0. The molecule has 1 amide bonds. The van der Waals surface area contributed by atoms with E-state index >= 15 is 0 Å². The van der Waals surface area contributed by atoms with Gasteiger partial charge < -0.3 is 10.6 Å². The van der Waals surface area contributed by atoms with E-state index in [-0.39, 0.29) is 23.4 Å². The number of nitrogens with two attached hydrogens (primary N) is 1. The number of nitrogens with zero attached hydrogens (tertiary/aromatic N) is 1. The molecular weight excluding hydrogens is 200 g/mol. The summed E-state index contributed by atoms with van der Waals surface area (Å²) in [5.41, 5.74) is 5.99. The highest BCUT2D eigenvalue weighted by Gasteiger charge is 2.29. The van der Waals surface area contributed by atoms with Gasteiger partial charge in [-0.05, 0) is 24.7 Å². The van der Waals surface area contributed by atoms with E-state index in [1.807, 2.05) is 7.05 Å². The number of carbonyl (C=O) groups excluding carboxylic acids is 1. The smallest absolute Gasteiger partial charge is 0.239 e. The molecule has 0 saturated heterocycles. The summed E-state index contributed by atoms with van der Waals surface area (Å²) in [7, 11) is 1.85. The Morgan fingerprint density at radius 1 is 1.25 bits per heavy atom. The van der Waals surface area contributed by atoms with Crippen molar-refractivity contribution in [3.63, 3.8) is 0 Å². The number of hydrogen-bond donors (Lipinski definition) is 1. The number of likely N-dealkylation sites (N-methyl/N-ethyl adjacent to an activating group) is 1. The van der Waals surface area contributed by atoms with Gasteiger partial charge in [0, 0.05) is 13.1 Å². The third-order valence-electron chi connectivity index (χ3n) is 3.22. The van der Waals surface area contributed by atoms with E-state index in [0.717, 1.165) is 6.42 Å². The van der Waals surface area contributed by atoms with Crippen molar-refractivity contribution >= 4 is 5.91 Å². The lowest BCUT2D eigenvalue weighted by atomic mass is 9.86. The van der Waals surface area contributed by atoms with Crippen LogP contribution < -0.4 is 5.73 Å². The van der Waals surface area contributed by atoms with Gasteiger partial charge in [0.25, 0.3) is 0 Å². The van der Waals surface area contributed by atoms with Gasteiger partial charge in [-0.1, -0.05) is 34.6 Å². The minimum absolute atomic E-state index is 0.0520. The van der Waals surface area contributed by atoms with Crippen molar-refractivity contribution in [1.29, 1.82) is 0 Å². The standard InChI is InChI=1S/C13H28N2O/c1-9(2)8-11(14)12(16)15(7)10(3)13(4,5)6/h9-11H,8,14H2,1-7H3. The average Bonchev–Trinajstić information content (AvgIpc) is 2.11. The van der Waals surface area contributed by atoms with Gasteiger partial charge in [0.15, 0.2) is 0 Å². The molecule has 0 radical (unpaired) electrons. The van der Waals surface area contributed by atoms with Gasteiger partial charge in [-0.2, -0.15) is 0 Å².